The second-order valence-electron chi connectivity index (χ2n) is 6.50. The first kappa shape index (κ1) is 17.1. The smallest absolute Gasteiger partial charge is 0.410 e. The first-order valence-corrected chi connectivity index (χ1v) is 7.93. The van der Waals surface area contributed by atoms with E-state index in [1.807, 2.05) is 58.9 Å². The summed E-state index contributed by atoms with van der Waals surface area (Å²) in [6.45, 7) is 10.4. The fourth-order valence-corrected chi connectivity index (χ4v) is 2.63. The maximum absolute atomic E-state index is 12.2. The second-order valence-corrected chi connectivity index (χ2v) is 6.50. The Hall–Kier alpha value is -2.28. The van der Waals surface area contributed by atoms with Gasteiger partial charge in [-0.1, -0.05) is 12.0 Å². The van der Waals surface area contributed by atoms with Crippen molar-refractivity contribution in [2.75, 3.05) is 6.54 Å². The van der Waals surface area contributed by atoms with Gasteiger partial charge in [0.2, 0.25) is 0 Å². The molecule has 23 heavy (non-hydrogen) atoms. The lowest BCUT2D eigenvalue weighted by molar-refractivity contribution is 0.0631. The Balaban J connectivity index is 2.14. The Labute approximate surface area is 138 Å². The quantitative estimate of drug-likeness (QED) is 0.743. The highest BCUT2D eigenvalue weighted by Gasteiger charge is 2.40. The van der Waals surface area contributed by atoms with Crippen molar-refractivity contribution in [3.05, 3.63) is 41.2 Å². The Morgan fingerprint density at radius 1 is 1.43 bits per heavy atom. The highest BCUT2D eigenvalue weighted by Crippen LogP contribution is 2.34. The molecule has 0 aromatic carbocycles. The maximum Gasteiger partial charge on any atom is 0.410 e. The van der Waals surface area contributed by atoms with Crippen LogP contribution in [0.1, 0.15) is 45.5 Å². The number of nitrogens with zero attached hydrogens (tertiary/aromatic N) is 2. The SMILES string of the molecule is Cc1cccc(C#C/C=C2\CCN(C(=O)OC(C)C)C2(C)C)n1. The van der Waals surface area contributed by atoms with Gasteiger partial charge in [-0.15, -0.1) is 0 Å². The summed E-state index contributed by atoms with van der Waals surface area (Å²) in [6.07, 6.45) is 2.35. The minimum absolute atomic E-state index is 0.112. The van der Waals surface area contributed by atoms with Crippen molar-refractivity contribution in [2.45, 2.75) is 52.7 Å². The first-order chi connectivity index (χ1) is 10.8. The zero-order valence-corrected chi connectivity index (χ0v) is 14.5. The molecule has 0 spiro atoms. The largest absolute Gasteiger partial charge is 0.447 e. The van der Waals surface area contributed by atoms with Crippen molar-refractivity contribution in [2.24, 2.45) is 0 Å². The first-order valence-electron chi connectivity index (χ1n) is 7.93. The molecule has 1 fully saturated rings. The molecule has 0 N–H and O–H groups in total. The van der Waals surface area contributed by atoms with Crippen LogP contribution in [-0.4, -0.2) is 34.2 Å². The molecular formula is C19H24N2O2. The third-order valence-electron chi connectivity index (χ3n) is 3.96. The number of ether oxygens (including phenoxy) is 1. The van der Waals surface area contributed by atoms with Gasteiger partial charge in [-0.05, 0) is 70.7 Å². The van der Waals surface area contributed by atoms with Crippen LogP contribution < -0.4 is 0 Å². The van der Waals surface area contributed by atoms with E-state index >= 15 is 0 Å². The molecule has 0 atom stereocenters. The van der Waals surface area contributed by atoms with E-state index in [0.717, 1.165) is 23.4 Å². The van der Waals surface area contributed by atoms with Crippen molar-refractivity contribution < 1.29 is 9.53 Å². The molecule has 0 unspecified atom stereocenters. The second kappa shape index (κ2) is 6.87. The van der Waals surface area contributed by atoms with E-state index < -0.39 is 0 Å². The number of hydrogen-bond acceptors (Lipinski definition) is 3. The van der Waals surface area contributed by atoms with Crippen LogP contribution in [0.3, 0.4) is 0 Å². The van der Waals surface area contributed by atoms with Crippen LogP contribution in [0.5, 0.6) is 0 Å². The monoisotopic (exact) mass is 312 g/mol. The number of carbonyl (C=O) groups excluding carboxylic acids is 1. The number of amides is 1. The van der Waals surface area contributed by atoms with Crippen LogP contribution in [-0.2, 0) is 4.74 Å². The van der Waals surface area contributed by atoms with Gasteiger partial charge in [0.15, 0.2) is 0 Å². The molecule has 1 aromatic rings. The summed E-state index contributed by atoms with van der Waals surface area (Å²) >= 11 is 0. The van der Waals surface area contributed by atoms with Gasteiger partial charge in [0.25, 0.3) is 0 Å². The van der Waals surface area contributed by atoms with E-state index in [2.05, 4.69) is 16.8 Å². The van der Waals surface area contributed by atoms with Crippen LogP contribution in [0.2, 0.25) is 0 Å². The number of carbonyl (C=O) groups is 1. The van der Waals surface area contributed by atoms with Gasteiger partial charge in [-0.3, -0.25) is 4.90 Å². The van der Waals surface area contributed by atoms with Gasteiger partial charge in [0.05, 0.1) is 11.6 Å². The van der Waals surface area contributed by atoms with Crippen LogP contribution in [0.15, 0.2) is 29.8 Å². The maximum atomic E-state index is 12.2. The van der Waals surface area contributed by atoms with Crippen LogP contribution in [0.25, 0.3) is 0 Å². The average Bonchev–Trinajstić information content (AvgIpc) is 2.73. The lowest BCUT2D eigenvalue weighted by Crippen LogP contribution is -2.44. The zero-order valence-electron chi connectivity index (χ0n) is 14.5. The van der Waals surface area contributed by atoms with Crippen molar-refractivity contribution in [3.8, 4) is 11.8 Å². The van der Waals surface area contributed by atoms with Crippen LogP contribution >= 0.6 is 0 Å². The summed E-state index contributed by atoms with van der Waals surface area (Å²) in [4.78, 5) is 18.3. The highest BCUT2D eigenvalue weighted by molar-refractivity contribution is 5.70. The van der Waals surface area contributed by atoms with Crippen molar-refractivity contribution in [3.63, 3.8) is 0 Å². The summed E-state index contributed by atoms with van der Waals surface area (Å²) in [5.41, 5.74) is 2.47. The number of hydrogen-bond donors (Lipinski definition) is 0. The van der Waals surface area contributed by atoms with Gasteiger partial charge in [-0.25, -0.2) is 9.78 Å². The average molecular weight is 312 g/mol. The van der Waals surface area contributed by atoms with E-state index in [1.54, 1.807) is 4.90 Å². The van der Waals surface area contributed by atoms with Gasteiger partial charge in [0, 0.05) is 12.2 Å². The number of likely N-dealkylation sites (tertiary alicyclic amines) is 1. The number of aryl methyl sites for hydroxylation is 1. The molecule has 1 saturated heterocycles. The normalized spacial score (nSPS) is 18.0. The highest BCUT2D eigenvalue weighted by atomic mass is 16.6. The minimum atomic E-state index is -0.374. The third-order valence-corrected chi connectivity index (χ3v) is 3.96. The molecule has 1 amide bonds. The van der Waals surface area contributed by atoms with Gasteiger partial charge in [0.1, 0.15) is 5.69 Å². The number of allylic oxidation sites excluding steroid dienone is 1. The van der Waals surface area contributed by atoms with Crippen LogP contribution in [0.4, 0.5) is 4.79 Å². The summed E-state index contributed by atoms with van der Waals surface area (Å²) in [5.74, 6) is 6.13. The molecule has 2 heterocycles. The van der Waals surface area contributed by atoms with Crippen molar-refractivity contribution in [1.82, 2.24) is 9.88 Å². The summed E-state index contributed by atoms with van der Waals surface area (Å²) in [7, 11) is 0. The Kier molecular flexibility index (Phi) is 5.10. The Morgan fingerprint density at radius 3 is 2.83 bits per heavy atom. The molecule has 0 saturated carbocycles. The topological polar surface area (TPSA) is 42.4 Å². The molecule has 1 aromatic heterocycles. The number of aromatic nitrogens is 1. The third kappa shape index (κ3) is 4.13. The molecule has 4 nitrogen and oxygen atoms in total. The Morgan fingerprint density at radius 2 is 2.17 bits per heavy atom. The molecule has 1 aliphatic heterocycles. The molecule has 2 rings (SSSR count). The van der Waals surface area contributed by atoms with E-state index in [1.165, 1.54) is 0 Å². The molecule has 122 valence electrons. The summed E-state index contributed by atoms with van der Waals surface area (Å²) in [5, 5.41) is 0. The molecule has 0 aliphatic carbocycles. The number of rotatable bonds is 1. The van der Waals surface area contributed by atoms with E-state index in [9.17, 15) is 4.79 Å². The van der Waals surface area contributed by atoms with Gasteiger partial charge >= 0.3 is 6.09 Å². The lowest BCUT2D eigenvalue weighted by atomic mass is 9.95. The fourth-order valence-electron chi connectivity index (χ4n) is 2.63. The van der Waals surface area contributed by atoms with E-state index in [-0.39, 0.29) is 17.7 Å². The molecule has 0 bridgehead atoms. The predicted octanol–water partition coefficient (Wildman–Crippen LogP) is 3.70. The lowest BCUT2D eigenvalue weighted by Gasteiger charge is -2.32. The standard InChI is InChI=1S/C19H24N2O2/c1-14(2)23-18(22)21-13-12-16(19(21,4)5)9-7-11-17-10-6-8-15(3)20-17/h6,8-10,14H,12-13H2,1-5H3/b16-9+. The van der Waals surface area contributed by atoms with Crippen molar-refractivity contribution in [1.29, 1.82) is 0 Å². The van der Waals surface area contributed by atoms with Crippen molar-refractivity contribution >= 4 is 6.09 Å². The fraction of sp³-hybridized carbons (Fsp3) is 0.474. The Bertz CT molecular complexity index is 678. The predicted molar refractivity (Wildman–Crippen MR) is 91.0 cm³/mol. The summed E-state index contributed by atoms with van der Waals surface area (Å²) < 4.78 is 5.32. The zero-order chi connectivity index (χ0) is 17.0. The molecule has 4 heteroatoms. The van der Waals surface area contributed by atoms with E-state index in [4.69, 9.17) is 4.74 Å². The van der Waals surface area contributed by atoms with E-state index in [0.29, 0.717) is 6.54 Å². The molecule has 1 aliphatic rings. The van der Waals surface area contributed by atoms with Gasteiger partial charge in [-0.2, -0.15) is 0 Å². The molecule has 0 radical (unpaired) electrons. The molecular weight excluding hydrogens is 288 g/mol. The van der Waals surface area contributed by atoms with Crippen LogP contribution in [0, 0.1) is 18.8 Å². The minimum Gasteiger partial charge on any atom is -0.447 e. The number of pyridine rings is 1. The summed E-state index contributed by atoms with van der Waals surface area (Å²) in [6, 6.07) is 5.79. The van der Waals surface area contributed by atoms with Gasteiger partial charge < -0.3 is 4.74 Å².